The summed E-state index contributed by atoms with van der Waals surface area (Å²) in [6.07, 6.45) is 0.932. The molecule has 4 heteroatoms. The molecule has 0 aliphatic heterocycles. The number of rotatable bonds is 6. The van der Waals surface area contributed by atoms with E-state index in [9.17, 15) is 9.18 Å². The van der Waals surface area contributed by atoms with Gasteiger partial charge in [-0.15, -0.1) is 0 Å². The van der Waals surface area contributed by atoms with Crippen LogP contribution in [0.3, 0.4) is 0 Å². The number of benzene rings is 1. The van der Waals surface area contributed by atoms with Crippen LogP contribution in [0.1, 0.15) is 36.9 Å². The van der Waals surface area contributed by atoms with Crippen molar-refractivity contribution >= 4 is 5.97 Å². The van der Waals surface area contributed by atoms with Crippen molar-refractivity contribution in [3.05, 3.63) is 35.1 Å². The van der Waals surface area contributed by atoms with E-state index < -0.39 is 5.97 Å². The number of hydrogen-bond donors (Lipinski definition) is 2. The Kier molecular flexibility index (Phi) is 5.10. The molecule has 0 fully saturated rings. The predicted molar refractivity (Wildman–Crippen MR) is 64.4 cm³/mol. The van der Waals surface area contributed by atoms with Crippen LogP contribution in [0.5, 0.6) is 0 Å². The van der Waals surface area contributed by atoms with E-state index >= 15 is 0 Å². The summed E-state index contributed by atoms with van der Waals surface area (Å²) in [4.78, 5) is 10.8. The molecule has 3 nitrogen and oxygen atoms in total. The van der Waals surface area contributed by atoms with Crippen molar-refractivity contribution in [3.8, 4) is 0 Å². The van der Waals surface area contributed by atoms with E-state index in [2.05, 4.69) is 5.32 Å². The minimum absolute atomic E-state index is 0.00503. The van der Waals surface area contributed by atoms with Gasteiger partial charge in [0.15, 0.2) is 0 Å². The molecular formula is C13H18FNO2. The number of aliphatic carboxylic acids is 1. The molecule has 0 amide bonds. The average Bonchev–Trinajstić information content (AvgIpc) is 2.27. The van der Waals surface area contributed by atoms with E-state index in [4.69, 9.17) is 5.11 Å². The van der Waals surface area contributed by atoms with Crippen molar-refractivity contribution < 1.29 is 14.3 Å². The van der Waals surface area contributed by atoms with Crippen LogP contribution in [-0.4, -0.2) is 17.6 Å². The fourth-order valence-corrected chi connectivity index (χ4v) is 1.69. The van der Waals surface area contributed by atoms with Crippen LogP contribution >= 0.6 is 0 Å². The van der Waals surface area contributed by atoms with E-state index in [1.807, 2.05) is 6.92 Å². The van der Waals surface area contributed by atoms with E-state index in [0.29, 0.717) is 5.56 Å². The van der Waals surface area contributed by atoms with E-state index in [1.54, 1.807) is 19.1 Å². The highest BCUT2D eigenvalue weighted by Gasteiger charge is 2.15. The summed E-state index contributed by atoms with van der Waals surface area (Å²) in [6, 6.07) is 4.46. The van der Waals surface area contributed by atoms with Gasteiger partial charge < -0.3 is 10.4 Å². The molecule has 1 rings (SSSR count). The number of carboxylic acids is 1. The fraction of sp³-hybridized carbons (Fsp3) is 0.462. The summed E-state index contributed by atoms with van der Waals surface area (Å²) in [5.41, 5.74) is 1.36. The molecule has 1 atom stereocenters. The molecule has 0 heterocycles. The fourth-order valence-electron chi connectivity index (χ4n) is 1.69. The maximum atomic E-state index is 13.1. The van der Waals surface area contributed by atoms with Crippen molar-refractivity contribution in [2.75, 3.05) is 6.54 Å². The number of halogens is 1. The number of carbonyl (C=O) groups is 1. The first-order valence-corrected chi connectivity index (χ1v) is 5.75. The lowest BCUT2D eigenvalue weighted by molar-refractivity contribution is -0.137. The van der Waals surface area contributed by atoms with Crippen LogP contribution in [0.15, 0.2) is 18.2 Å². The highest BCUT2D eigenvalue weighted by atomic mass is 19.1. The van der Waals surface area contributed by atoms with Crippen LogP contribution < -0.4 is 5.32 Å². The molecule has 0 aliphatic carbocycles. The summed E-state index contributed by atoms with van der Waals surface area (Å²) in [5.74, 6) is -1.13. The third-order valence-corrected chi connectivity index (χ3v) is 2.60. The maximum Gasteiger partial charge on any atom is 0.305 e. The zero-order chi connectivity index (χ0) is 12.8. The Bertz CT molecular complexity index is 393. The molecule has 1 unspecified atom stereocenters. The number of aryl methyl sites for hydroxylation is 1. The molecule has 94 valence electrons. The van der Waals surface area contributed by atoms with E-state index in [1.165, 1.54) is 6.07 Å². The first-order chi connectivity index (χ1) is 8.04. The van der Waals surface area contributed by atoms with E-state index in [-0.39, 0.29) is 18.3 Å². The molecule has 0 aliphatic rings. The quantitative estimate of drug-likeness (QED) is 0.802. The third kappa shape index (κ3) is 4.15. The van der Waals surface area contributed by atoms with Gasteiger partial charge in [0.2, 0.25) is 0 Å². The zero-order valence-electron chi connectivity index (χ0n) is 10.2. The normalized spacial score (nSPS) is 12.4. The third-order valence-electron chi connectivity index (χ3n) is 2.60. The molecule has 0 spiro atoms. The van der Waals surface area contributed by atoms with Crippen LogP contribution in [0, 0.1) is 12.7 Å². The van der Waals surface area contributed by atoms with Gasteiger partial charge in [-0.3, -0.25) is 4.79 Å². The van der Waals surface area contributed by atoms with Crippen molar-refractivity contribution in [2.24, 2.45) is 0 Å². The van der Waals surface area contributed by atoms with Crippen LogP contribution in [0.2, 0.25) is 0 Å². The Labute approximate surface area is 101 Å². The minimum atomic E-state index is -0.861. The molecular weight excluding hydrogens is 221 g/mol. The summed E-state index contributed by atoms with van der Waals surface area (Å²) in [5, 5.41) is 12.0. The minimum Gasteiger partial charge on any atom is -0.481 e. The molecule has 0 bridgehead atoms. The van der Waals surface area contributed by atoms with Gasteiger partial charge in [-0.2, -0.15) is 0 Å². The molecule has 0 saturated carbocycles. The Morgan fingerprint density at radius 1 is 1.53 bits per heavy atom. The topological polar surface area (TPSA) is 49.3 Å². The monoisotopic (exact) mass is 239 g/mol. The predicted octanol–water partition coefficient (Wildman–Crippen LogP) is 2.65. The maximum absolute atomic E-state index is 13.1. The summed E-state index contributed by atoms with van der Waals surface area (Å²) < 4.78 is 13.1. The van der Waals surface area contributed by atoms with Crippen molar-refractivity contribution in [1.29, 1.82) is 0 Å². The Morgan fingerprint density at radius 2 is 2.24 bits per heavy atom. The average molecular weight is 239 g/mol. The van der Waals surface area contributed by atoms with Gasteiger partial charge in [-0.25, -0.2) is 4.39 Å². The van der Waals surface area contributed by atoms with Gasteiger partial charge in [0.05, 0.1) is 6.42 Å². The van der Waals surface area contributed by atoms with Crippen molar-refractivity contribution in [1.82, 2.24) is 5.32 Å². The van der Waals surface area contributed by atoms with Gasteiger partial charge in [-0.05, 0) is 37.1 Å². The number of carboxylic acid groups (broad SMARTS) is 1. The molecule has 17 heavy (non-hydrogen) atoms. The summed E-state index contributed by atoms with van der Waals surface area (Å²) >= 11 is 0. The largest absolute Gasteiger partial charge is 0.481 e. The molecule has 2 N–H and O–H groups in total. The Balaban J connectivity index is 2.86. The highest BCUT2D eigenvalue weighted by molar-refractivity contribution is 5.68. The Morgan fingerprint density at radius 3 is 2.76 bits per heavy atom. The van der Waals surface area contributed by atoms with Crippen LogP contribution in [-0.2, 0) is 4.79 Å². The second-order valence-corrected chi connectivity index (χ2v) is 4.11. The van der Waals surface area contributed by atoms with Gasteiger partial charge in [-0.1, -0.05) is 19.1 Å². The SMILES string of the molecule is CCCNC(CC(=O)O)c1ccc(F)c(C)c1. The first-order valence-electron chi connectivity index (χ1n) is 5.75. The summed E-state index contributed by atoms with van der Waals surface area (Å²) in [6.45, 7) is 4.44. The second kappa shape index (κ2) is 6.35. The zero-order valence-corrected chi connectivity index (χ0v) is 10.2. The van der Waals surface area contributed by atoms with Gasteiger partial charge in [0.25, 0.3) is 0 Å². The lowest BCUT2D eigenvalue weighted by atomic mass is 10.0. The first kappa shape index (κ1) is 13.6. The lowest BCUT2D eigenvalue weighted by Crippen LogP contribution is -2.24. The highest BCUT2D eigenvalue weighted by Crippen LogP contribution is 2.19. The van der Waals surface area contributed by atoms with Crippen LogP contribution in [0.25, 0.3) is 0 Å². The molecule has 1 aromatic rings. The van der Waals surface area contributed by atoms with Gasteiger partial charge >= 0.3 is 5.97 Å². The van der Waals surface area contributed by atoms with Gasteiger partial charge in [0.1, 0.15) is 5.82 Å². The van der Waals surface area contributed by atoms with Gasteiger partial charge in [0, 0.05) is 6.04 Å². The molecule has 0 aromatic heterocycles. The smallest absolute Gasteiger partial charge is 0.305 e. The molecule has 0 radical (unpaired) electrons. The molecule has 0 saturated heterocycles. The lowest BCUT2D eigenvalue weighted by Gasteiger charge is -2.17. The van der Waals surface area contributed by atoms with Crippen molar-refractivity contribution in [3.63, 3.8) is 0 Å². The van der Waals surface area contributed by atoms with Crippen LogP contribution in [0.4, 0.5) is 4.39 Å². The second-order valence-electron chi connectivity index (χ2n) is 4.11. The Hall–Kier alpha value is -1.42. The van der Waals surface area contributed by atoms with E-state index in [0.717, 1.165) is 18.5 Å². The molecule has 1 aromatic carbocycles. The standard InChI is InChI=1S/C13H18FNO2/c1-3-6-15-12(8-13(16)17)10-4-5-11(14)9(2)7-10/h4-5,7,12,15H,3,6,8H2,1-2H3,(H,16,17). The van der Waals surface area contributed by atoms with Crippen molar-refractivity contribution in [2.45, 2.75) is 32.7 Å². The number of nitrogens with one attached hydrogen (secondary N) is 1. The summed E-state index contributed by atoms with van der Waals surface area (Å²) in [7, 11) is 0. The number of hydrogen-bond acceptors (Lipinski definition) is 2.